The maximum Gasteiger partial charge on any atom is 2.00 e. The van der Waals surface area contributed by atoms with Crippen LogP contribution in [0.15, 0.2) is 94.8 Å². The Balaban J connectivity index is 0.00000252. The number of carbonyl (C=O) groups is 4. The van der Waals surface area contributed by atoms with Crippen molar-refractivity contribution in [3.8, 4) is 0 Å². The van der Waals surface area contributed by atoms with E-state index in [2.05, 4.69) is 76.3 Å². The average molecular weight is 1870 g/mol. The van der Waals surface area contributed by atoms with Crippen LogP contribution in [0.2, 0.25) is 0 Å². The summed E-state index contributed by atoms with van der Waals surface area (Å²) < 4.78 is 93.9. The number of unbranched alkanes of at least 4 members (excludes halogenated alkanes) is 72. The van der Waals surface area contributed by atoms with Crippen molar-refractivity contribution >= 4 is 81.9 Å². The zero-order valence-corrected chi connectivity index (χ0v) is 87.6. The Labute approximate surface area is 824 Å². The van der Waals surface area contributed by atoms with Gasteiger partial charge in [-0.15, -0.1) is 0 Å². The summed E-state index contributed by atoms with van der Waals surface area (Å²) in [7, 11) is -10.1. The van der Waals surface area contributed by atoms with E-state index in [0.717, 1.165) is 153 Å². The summed E-state index contributed by atoms with van der Waals surface area (Å²) >= 11 is 0. The minimum atomic E-state index is -5.03. The molecule has 0 atom stereocenters. The van der Waals surface area contributed by atoms with Crippen LogP contribution in [-0.2, 0) is 39.2 Å². The number of allylic oxidation sites excluding steroid dienone is 8. The first-order valence-corrected chi connectivity index (χ1v) is 56.9. The second-order valence-corrected chi connectivity index (χ2v) is 39.7. The number of carbonyl (C=O) groups excluding carboxylic acids is 4. The minimum Gasteiger partial charge on any atom is -0.744 e. The van der Waals surface area contributed by atoms with Crippen molar-refractivity contribution < 1.29 is 64.1 Å². The molecule has 0 N–H and O–H groups in total. The third kappa shape index (κ3) is 80.2. The maximum atomic E-state index is 13.1. The standard InChI is InChI=1S/2C56H98O7S.Ca/c2*1-3-5-7-9-11-13-15-17-19-21-23-25-27-29-31-33-35-37-39-41-43-45-50-62-55(57)52-48-47-49-53(64(59,60)61)54(52)56(58)63-51-46-44-42-40-38-36-34-32-30-28-26-24-22-20-18-16-14-12-10-8-6-4-2;/h2*31-34,47-49H,3-30,35-46,50-51H2,1-2H3,(H,59,60,61);/q;;+2/p-2/b2*33-31+,34-32+;. The normalized spacial score (nSPS) is 11.8. The number of ether oxygens (including phenoxy) is 4. The van der Waals surface area contributed by atoms with Gasteiger partial charge in [-0.1, -0.05) is 474 Å². The van der Waals surface area contributed by atoms with E-state index >= 15 is 0 Å². The van der Waals surface area contributed by atoms with Gasteiger partial charge in [0.05, 0.1) is 58.5 Å². The number of esters is 4. The number of rotatable bonds is 94. The topological polar surface area (TPSA) is 220 Å². The number of benzene rings is 2. The van der Waals surface area contributed by atoms with E-state index in [1.807, 2.05) is 0 Å². The molecule has 0 aliphatic heterocycles. The average Bonchev–Trinajstić information content (AvgIpc) is 0.794. The molecular formula is C112H194CaO14S2. The molecule has 2 aromatic carbocycles. The van der Waals surface area contributed by atoms with Gasteiger partial charge >= 0.3 is 61.6 Å². The van der Waals surface area contributed by atoms with E-state index in [1.165, 1.54) is 371 Å². The zero-order valence-electron chi connectivity index (χ0n) is 83.7. The fourth-order valence-corrected chi connectivity index (χ4v) is 18.2. The molecule has 17 heteroatoms. The molecular weight excluding hydrogens is 1670 g/mol. The largest absolute Gasteiger partial charge is 2.00 e. The summed E-state index contributed by atoms with van der Waals surface area (Å²) in [5, 5.41) is 0. The zero-order chi connectivity index (χ0) is 92.9. The second-order valence-electron chi connectivity index (χ2n) is 37.0. The van der Waals surface area contributed by atoms with Gasteiger partial charge in [0.15, 0.2) is 0 Å². The smallest absolute Gasteiger partial charge is 0.744 e. The Hall–Kier alpha value is -3.64. The van der Waals surface area contributed by atoms with Gasteiger partial charge < -0.3 is 28.1 Å². The van der Waals surface area contributed by atoms with Gasteiger partial charge in [0.2, 0.25) is 0 Å². The van der Waals surface area contributed by atoms with Crippen LogP contribution < -0.4 is 0 Å². The van der Waals surface area contributed by atoms with Gasteiger partial charge in [0, 0.05) is 0 Å². The first-order chi connectivity index (χ1) is 62.6. The van der Waals surface area contributed by atoms with Crippen molar-refractivity contribution in [3.63, 3.8) is 0 Å². The van der Waals surface area contributed by atoms with Crippen molar-refractivity contribution in [3.05, 3.63) is 107 Å². The van der Waals surface area contributed by atoms with Crippen LogP contribution in [0.4, 0.5) is 0 Å². The number of hydrogen-bond acceptors (Lipinski definition) is 14. The third-order valence-corrected chi connectivity index (χ3v) is 26.8. The molecule has 0 heterocycles. The van der Waals surface area contributed by atoms with Crippen LogP contribution in [0.1, 0.15) is 583 Å². The van der Waals surface area contributed by atoms with Crippen molar-refractivity contribution in [1.82, 2.24) is 0 Å². The van der Waals surface area contributed by atoms with Gasteiger partial charge in [-0.3, -0.25) is 0 Å². The summed E-state index contributed by atoms with van der Waals surface area (Å²) in [6.45, 7) is 9.56. The van der Waals surface area contributed by atoms with E-state index in [0.29, 0.717) is 25.7 Å². The maximum absolute atomic E-state index is 13.1. The molecule has 0 amide bonds. The molecule has 2 rings (SSSR count). The molecule has 2 aromatic rings. The van der Waals surface area contributed by atoms with Crippen LogP contribution in [0.5, 0.6) is 0 Å². The second kappa shape index (κ2) is 96.1. The minimum absolute atomic E-state index is 0. The summed E-state index contributed by atoms with van der Waals surface area (Å²) in [6.07, 6.45) is 118. The van der Waals surface area contributed by atoms with Crippen molar-refractivity contribution in [2.24, 2.45) is 0 Å². The molecule has 0 aromatic heterocycles. The Morgan fingerprint density at radius 1 is 0.217 bits per heavy atom. The molecule has 129 heavy (non-hydrogen) atoms. The van der Waals surface area contributed by atoms with Crippen LogP contribution in [0.25, 0.3) is 0 Å². The van der Waals surface area contributed by atoms with Gasteiger partial charge in [-0.25, -0.2) is 36.0 Å². The Kier molecular flexibility index (Phi) is 93.3. The van der Waals surface area contributed by atoms with Gasteiger partial charge in [0.1, 0.15) is 20.2 Å². The van der Waals surface area contributed by atoms with Crippen molar-refractivity contribution in [1.29, 1.82) is 0 Å². The van der Waals surface area contributed by atoms with Gasteiger partial charge in [0.25, 0.3) is 0 Å². The number of hydrogen-bond donors (Lipinski definition) is 0. The van der Waals surface area contributed by atoms with Crippen molar-refractivity contribution in [2.75, 3.05) is 26.4 Å². The summed E-state index contributed by atoms with van der Waals surface area (Å²) in [5.41, 5.74) is -1.57. The van der Waals surface area contributed by atoms with Gasteiger partial charge in [-0.05, 0) is 153 Å². The predicted molar refractivity (Wildman–Crippen MR) is 544 cm³/mol. The van der Waals surface area contributed by atoms with E-state index in [1.54, 1.807) is 0 Å². The Morgan fingerprint density at radius 3 is 0.512 bits per heavy atom. The molecule has 0 aliphatic rings. The van der Waals surface area contributed by atoms with E-state index in [-0.39, 0.29) is 75.3 Å². The van der Waals surface area contributed by atoms with Crippen LogP contribution in [-0.4, -0.2) is 114 Å². The molecule has 0 fully saturated rings. The first kappa shape index (κ1) is 125. The van der Waals surface area contributed by atoms with E-state index < -0.39 is 65.0 Å². The van der Waals surface area contributed by atoms with Crippen molar-refractivity contribution in [2.45, 2.75) is 551 Å². The molecule has 0 spiro atoms. The van der Waals surface area contributed by atoms with E-state index in [4.69, 9.17) is 18.9 Å². The molecule has 0 bridgehead atoms. The van der Waals surface area contributed by atoms with E-state index in [9.17, 15) is 45.1 Å². The van der Waals surface area contributed by atoms with Gasteiger partial charge in [-0.2, -0.15) is 0 Å². The third-order valence-electron chi connectivity index (χ3n) is 25.0. The molecule has 14 nitrogen and oxygen atoms in total. The molecule has 0 radical (unpaired) electrons. The molecule has 0 unspecified atom stereocenters. The quantitative estimate of drug-likeness (QED) is 0.0150. The van der Waals surface area contributed by atoms with Crippen LogP contribution in [0.3, 0.4) is 0 Å². The Bertz CT molecular complexity index is 3020. The first-order valence-electron chi connectivity index (χ1n) is 54.1. The molecule has 0 saturated heterocycles. The Morgan fingerprint density at radius 2 is 0.357 bits per heavy atom. The molecule has 0 aliphatic carbocycles. The van der Waals surface area contributed by atoms with Crippen LogP contribution >= 0.6 is 0 Å². The summed E-state index contributed by atoms with van der Waals surface area (Å²) in [5.74, 6) is -3.64. The molecule has 740 valence electrons. The predicted octanol–water partition coefficient (Wildman–Crippen LogP) is 34.9. The van der Waals surface area contributed by atoms with Crippen LogP contribution in [0, 0.1) is 0 Å². The SMILES string of the molecule is CCCCCCCCCCCCCCC/C=C/CCCCCCCOC(=O)c1cccc(S(=O)(=O)[O-])c1C(=O)OCCCCCCC/C=C/CCCCCCCCCCCCCCC.CCCCCCCCCCCCCCC/C=C/CCCCCCCOC(=O)c1cccc(S(=O)(=O)[O-])c1C(=O)OCCCCCCC/C=C/CCCCCCCCCCCCCCC.[Ca+2]. The fraction of sp³-hybridized carbons (Fsp3) is 0.786. The summed E-state index contributed by atoms with van der Waals surface area (Å²) in [4.78, 5) is 50.7. The molecule has 0 saturated carbocycles. The summed E-state index contributed by atoms with van der Waals surface area (Å²) in [6, 6.07) is 7.26. The monoisotopic (exact) mass is 1870 g/mol. The fourth-order valence-electron chi connectivity index (χ4n) is 16.8.